The predicted molar refractivity (Wildman–Crippen MR) is 130 cm³/mol. The molecule has 0 bridgehead atoms. The summed E-state index contributed by atoms with van der Waals surface area (Å²) in [6.45, 7) is 2.45. The van der Waals surface area contributed by atoms with E-state index in [-0.39, 0.29) is 35.7 Å². The van der Waals surface area contributed by atoms with E-state index in [2.05, 4.69) is 4.72 Å². The van der Waals surface area contributed by atoms with Crippen LogP contribution in [0.1, 0.15) is 50.0 Å². The minimum Gasteiger partial charge on any atom is -0.381 e. The van der Waals surface area contributed by atoms with E-state index in [9.17, 15) is 17.6 Å². The molecule has 8 nitrogen and oxygen atoms in total. The van der Waals surface area contributed by atoms with Gasteiger partial charge in [-0.3, -0.25) is 4.79 Å². The lowest BCUT2D eigenvalue weighted by atomic mass is 9.82. The number of nitrogens with one attached hydrogen (secondary N) is 1. The Bertz CT molecular complexity index is 962. The van der Waals surface area contributed by atoms with E-state index in [1.54, 1.807) is 12.1 Å². The zero-order valence-corrected chi connectivity index (χ0v) is 21.5. The van der Waals surface area contributed by atoms with E-state index < -0.39 is 10.2 Å². The van der Waals surface area contributed by atoms with Crippen molar-refractivity contribution >= 4 is 16.1 Å². The molecular weight excluding hydrogens is 473 g/mol. The van der Waals surface area contributed by atoms with Gasteiger partial charge in [0.1, 0.15) is 5.82 Å². The van der Waals surface area contributed by atoms with Crippen molar-refractivity contribution in [3.63, 3.8) is 0 Å². The number of likely N-dealkylation sites (tertiary alicyclic amines) is 1. The van der Waals surface area contributed by atoms with Crippen molar-refractivity contribution in [3.05, 3.63) is 35.6 Å². The summed E-state index contributed by atoms with van der Waals surface area (Å²) in [7, 11) is -0.588. The number of nitrogens with zero attached hydrogens (tertiary/aromatic N) is 2. The minimum atomic E-state index is -3.60. The highest BCUT2D eigenvalue weighted by atomic mass is 32.2. The van der Waals surface area contributed by atoms with E-state index in [1.165, 1.54) is 24.5 Å². The molecule has 3 atom stereocenters. The number of hydrogen-bond acceptors (Lipinski definition) is 5. The van der Waals surface area contributed by atoms with Crippen LogP contribution in [0.15, 0.2) is 24.3 Å². The van der Waals surface area contributed by atoms with Gasteiger partial charge in [-0.1, -0.05) is 12.1 Å². The first-order chi connectivity index (χ1) is 16.7. The number of halogens is 1. The Kier molecular flexibility index (Phi) is 8.80. The van der Waals surface area contributed by atoms with Gasteiger partial charge in [-0.25, -0.2) is 4.39 Å². The standard InChI is InChI=1S/C25H38FN3O5S/c1-28(2)35(31,32)27-24-10-12-29(25(30)20-11-13-33-16-20)15-21(24)17-34-23-8-6-18(7-9-23)19-4-3-5-22(26)14-19/h3-5,14,18,20-21,23-24,27H,6-13,15-17H2,1-2H3/t18-,20?,21-,23+,24-/m0/s1. The van der Waals surface area contributed by atoms with Gasteiger partial charge in [0.2, 0.25) is 5.91 Å². The molecule has 196 valence electrons. The Morgan fingerprint density at radius 2 is 1.97 bits per heavy atom. The monoisotopic (exact) mass is 511 g/mol. The lowest BCUT2D eigenvalue weighted by molar-refractivity contribution is -0.138. The fourth-order valence-corrected chi connectivity index (χ4v) is 6.33. The Hall–Kier alpha value is -1.59. The minimum absolute atomic E-state index is 0.0835. The first-order valence-corrected chi connectivity index (χ1v) is 14.1. The van der Waals surface area contributed by atoms with Crippen molar-refractivity contribution in [2.45, 2.75) is 56.6 Å². The molecule has 10 heteroatoms. The maximum Gasteiger partial charge on any atom is 0.279 e. The van der Waals surface area contributed by atoms with Gasteiger partial charge in [0.25, 0.3) is 10.2 Å². The van der Waals surface area contributed by atoms with Crippen molar-refractivity contribution in [2.24, 2.45) is 11.8 Å². The zero-order valence-electron chi connectivity index (χ0n) is 20.7. The molecule has 2 saturated heterocycles. The van der Waals surface area contributed by atoms with Crippen LogP contribution < -0.4 is 4.72 Å². The molecule has 4 rings (SSSR count). The van der Waals surface area contributed by atoms with Crippen LogP contribution in [-0.2, 0) is 24.5 Å². The van der Waals surface area contributed by atoms with Crippen LogP contribution in [0.25, 0.3) is 0 Å². The smallest absolute Gasteiger partial charge is 0.279 e. The van der Waals surface area contributed by atoms with Gasteiger partial charge in [0.15, 0.2) is 0 Å². The zero-order chi connectivity index (χ0) is 25.0. The van der Waals surface area contributed by atoms with E-state index in [1.807, 2.05) is 11.0 Å². The highest BCUT2D eigenvalue weighted by molar-refractivity contribution is 7.87. The van der Waals surface area contributed by atoms with Crippen LogP contribution in [0.2, 0.25) is 0 Å². The van der Waals surface area contributed by atoms with Crippen molar-refractivity contribution in [1.29, 1.82) is 0 Å². The first kappa shape index (κ1) is 26.5. The van der Waals surface area contributed by atoms with Gasteiger partial charge in [0.05, 0.1) is 25.2 Å². The van der Waals surface area contributed by atoms with Crippen molar-refractivity contribution < 1.29 is 27.1 Å². The largest absolute Gasteiger partial charge is 0.381 e. The molecule has 0 spiro atoms. The fourth-order valence-electron chi connectivity index (χ4n) is 5.42. The summed E-state index contributed by atoms with van der Waals surface area (Å²) in [6, 6.07) is 6.54. The third-order valence-electron chi connectivity index (χ3n) is 7.65. The van der Waals surface area contributed by atoms with Gasteiger partial charge in [-0.15, -0.1) is 0 Å². The van der Waals surface area contributed by atoms with Crippen LogP contribution >= 0.6 is 0 Å². The second kappa shape index (κ2) is 11.6. The third-order valence-corrected chi connectivity index (χ3v) is 9.21. The van der Waals surface area contributed by atoms with Gasteiger partial charge in [0, 0.05) is 45.8 Å². The number of benzene rings is 1. The number of carbonyl (C=O) groups is 1. The van der Waals surface area contributed by atoms with E-state index >= 15 is 0 Å². The maximum atomic E-state index is 13.6. The predicted octanol–water partition coefficient (Wildman–Crippen LogP) is 2.52. The van der Waals surface area contributed by atoms with Gasteiger partial charge >= 0.3 is 0 Å². The van der Waals surface area contributed by atoms with Gasteiger partial charge in [-0.05, 0) is 62.1 Å². The molecule has 35 heavy (non-hydrogen) atoms. The number of carbonyl (C=O) groups excluding carboxylic acids is 1. The van der Waals surface area contributed by atoms with Crippen LogP contribution in [0.4, 0.5) is 4.39 Å². The molecule has 1 saturated carbocycles. The fraction of sp³-hybridized carbons (Fsp3) is 0.720. The molecule has 1 aromatic rings. The summed E-state index contributed by atoms with van der Waals surface area (Å²) in [5, 5.41) is 0. The summed E-state index contributed by atoms with van der Waals surface area (Å²) in [5.74, 6) is -0.0123. The SMILES string of the molecule is CN(C)S(=O)(=O)N[C@H]1CCN(C(=O)C2CCOC2)C[C@H]1CO[C@H]1CC[C@@H](c2cccc(F)c2)CC1. The van der Waals surface area contributed by atoms with Crippen molar-refractivity contribution in [3.8, 4) is 0 Å². The second-order valence-electron chi connectivity index (χ2n) is 10.3. The molecule has 1 amide bonds. The molecule has 1 unspecified atom stereocenters. The van der Waals surface area contributed by atoms with Gasteiger partial charge < -0.3 is 14.4 Å². The maximum absolute atomic E-state index is 13.6. The lowest BCUT2D eigenvalue weighted by Crippen LogP contribution is -2.56. The molecule has 1 aliphatic carbocycles. The number of piperidine rings is 1. The normalized spacial score (nSPS) is 30.1. The highest BCUT2D eigenvalue weighted by Crippen LogP contribution is 2.35. The summed E-state index contributed by atoms with van der Waals surface area (Å²) in [4.78, 5) is 14.8. The van der Waals surface area contributed by atoms with Crippen LogP contribution in [-0.4, -0.2) is 82.7 Å². The highest BCUT2D eigenvalue weighted by Gasteiger charge is 2.38. The Morgan fingerprint density at radius 3 is 2.63 bits per heavy atom. The molecule has 2 heterocycles. The first-order valence-electron chi connectivity index (χ1n) is 12.7. The van der Waals surface area contributed by atoms with Crippen LogP contribution in [0.5, 0.6) is 0 Å². The second-order valence-corrected chi connectivity index (χ2v) is 12.2. The summed E-state index contributed by atoms with van der Waals surface area (Å²) in [6.07, 6.45) is 4.99. The molecule has 0 aromatic heterocycles. The molecule has 1 N–H and O–H groups in total. The quantitative estimate of drug-likeness (QED) is 0.580. The summed E-state index contributed by atoms with van der Waals surface area (Å²) < 4.78 is 54.3. The Morgan fingerprint density at radius 1 is 1.20 bits per heavy atom. The lowest BCUT2D eigenvalue weighted by Gasteiger charge is -2.40. The number of hydrogen-bond donors (Lipinski definition) is 1. The summed E-state index contributed by atoms with van der Waals surface area (Å²) in [5.41, 5.74) is 1.04. The number of amides is 1. The van der Waals surface area contributed by atoms with E-state index in [0.717, 1.165) is 37.7 Å². The number of rotatable bonds is 8. The number of ether oxygens (including phenoxy) is 2. The van der Waals surface area contributed by atoms with E-state index in [4.69, 9.17) is 9.47 Å². The molecular formula is C25H38FN3O5S. The van der Waals surface area contributed by atoms with E-state index in [0.29, 0.717) is 45.2 Å². The van der Waals surface area contributed by atoms with Crippen molar-refractivity contribution in [1.82, 2.24) is 13.9 Å². The topological polar surface area (TPSA) is 88.2 Å². The van der Waals surface area contributed by atoms with Crippen LogP contribution in [0, 0.1) is 17.7 Å². The van der Waals surface area contributed by atoms with Gasteiger partial charge in [-0.2, -0.15) is 17.4 Å². The summed E-state index contributed by atoms with van der Waals surface area (Å²) >= 11 is 0. The molecule has 2 aliphatic heterocycles. The Labute approximate surface area is 208 Å². The van der Waals surface area contributed by atoms with Crippen LogP contribution in [0.3, 0.4) is 0 Å². The molecule has 0 radical (unpaired) electrons. The molecule has 3 aliphatic rings. The molecule has 1 aromatic carbocycles. The average molecular weight is 512 g/mol. The third kappa shape index (κ3) is 6.80. The average Bonchev–Trinajstić information content (AvgIpc) is 3.38. The van der Waals surface area contributed by atoms with Crippen molar-refractivity contribution in [2.75, 3.05) is 47.0 Å². The Balaban J connectivity index is 1.35. The molecule has 3 fully saturated rings.